The lowest BCUT2D eigenvalue weighted by Crippen LogP contribution is -2.19. The second-order valence-corrected chi connectivity index (χ2v) is 4.05. The van der Waals surface area contributed by atoms with Gasteiger partial charge < -0.3 is 5.32 Å². The Morgan fingerprint density at radius 1 is 1.18 bits per heavy atom. The monoisotopic (exact) mass is 227 g/mol. The van der Waals surface area contributed by atoms with Crippen molar-refractivity contribution in [3.8, 4) is 0 Å². The summed E-state index contributed by atoms with van der Waals surface area (Å²) in [4.78, 5) is 8.55. The quantitative estimate of drug-likeness (QED) is 0.870. The van der Waals surface area contributed by atoms with Crippen LogP contribution >= 0.6 is 0 Å². The second kappa shape index (κ2) is 5.55. The van der Waals surface area contributed by atoms with Crippen molar-refractivity contribution in [3.05, 3.63) is 59.7 Å². The minimum atomic E-state index is 0.297. The third kappa shape index (κ3) is 3.11. The van der Waals surface area contributed by atoms with Crippen molar-refractivity contribution in [2.24, 2.45) is 0 Å². The molecular weight excluding hydrogens is 210 g/mol. The van der Waals surface area contributed by atoms with Gasteiger partial charge in [0.15, 0.2) is 0 Å². The van der Waals surface area contributed by atoms with Gasteiger partial charge in [0.2, 0.25) is 0 Å². The fourth-order valence-corrected chi connectivity index (χ4v) is 1.90. The number of aromatic nitrogens is 2. The average Bonchev–Trinajstić information content (AvgIpc) is 2.37. The molecule has 0 aliphatic heterocycles. The van der Waals surface area contributed by atoms with Crippen molar-refractivity contribution < 1.29 is 0 Å². The summed E-state index contributed by atoms with van der Waals surface area (Å²) in [5.74, 6) is 0.824. The number of hydrogen-bond acceptors (Lipinski definition) is 3. The molecule has 0 saturated carbocycles. The normalized spacial score (nSPS) is 12.4. The standard InChI is InChI=1S/C14H17N3/c1-11-16-9-8-13(17-11)10-14(15-2)12-6-4-3-5-7-12/h3-9,14-15H,10H2,1-2H3. The van der Waals surface area contributed by atoms with Crippen molar-refractivity contribution in [1.29, 1.82) is 0 Å². The van der Waals surface area contributed by atoms with Crippen molar-refractivity contribution in [3.63, 3.8) is 0 Å². The van der Waals surface area contributed by atoms with Gasteiger partial charge in [0.05, 0.1) is 0 Å². The van der Waals surface area contributed by atoms with Crippen molar-refractivity contribution >= 4 is 0 Å². The number of likely N-dealkylation sites (N-methyl/N-ethyl adjacent to an activating group) is 1. The summed E-state index contributed by atoms with van der Waals surface area (Å²) in [5.41, 5.74) is 2.35. The number of benzene rings is 1. The number of aryl methyl sites for hydroxylation is 1. The summed E-state index contributed by atoms with van der Waals surface area (Å²) in [5, 5.41) is 3.33. The SMILES string of the molecule is CNC(Cc1ccnc(C)n1)c1ccccc1. The first-order valence-corrected chi connectivity index (χ1v) is 5.80. The van der Waals surface area contributed by atoms with Gasteiger partial charge in [-0.25, -0.2) is 9.97 Å². The van der Waals surface area contributed by atoms with Crippen LogP contribution in [0, 0.1) is 6.92 Å². The van der Waals surface area contributed by atoms with Gasteiger partial charge in [0, 0.05) is 24.4 Å². The fraction of sp³-hybridized carbons (Fsp3) is 0.286. The van der Waals surface area contributed by atoms with Crippen LogP contribution in [0.3, 0.4) is 0 Å². The van der Waals surface area contributed by atoms with Gasteiger partial charge in [0.1, 0.15) is 5.82 Å². The lowest BCUT2D eigenvalue weighted by atomic mass is 10.0. The summed E-state index contributed by atoms with van der Waals surface area (Å²) in [6, 6.07) is 12.7. The summed E-state index contributed by atoms with van der Waals surface area (Å²) in [6.07, 6.45) is 2.69. The molecule has 2 rings (SSSR count). The molecule has 0 amide bonds. The van der Waals surface area contributed by atoms with Crippen LogP contribution in [0.2, 0.25) is 0 Å². The van der Waals surface area contributed by atoms with E-state index in [1.807, 2.05) is 32.3 Å². The Bertz CT molecular complexity index is 468. The molecule has 0 aliphatic rings. The third-order valence-electron chi connectivity index (χ3n) is 2.80. The van der Waals surface area contributed by atoms with E-state index in [9.17, 15) is 0 Å². The molecular formula is C14H17N3. The molecule has 1 unspecified atom stereocenters. The van der Waals surface area contributed by atoms with E-state index in [1.54, 1.807) is 0 Å². The Balaban J connectivity index is 2.16. The first-order chi connectivity index (χ1) is 8.29. The second-order valence-electron chi connectivity index (χ2n) is 4.05. The van der Waals surface area contributed by atoms with E-state index < -0.39 is 0 Å². The first kappa shape index (κ1) is 11.7. The molecule has 1 aromatic heterocycles. The Hall–Kier alpha value is -1.74. The highest BCUT2D eigenvalue weighted by Gasteiger charge is 2.10. The van der Waals surface area contributed by atoms with Crippen LogP contribution in [0.15, 0.2) is 42.6 Å². The Kier molecular flexibility index (Phi) is 3.83. The van der Waals surface area contributed by atoms with Crippen molar-refractivity contribution in [2.45, 2.75) is 19.4 Å². The number of rotatable bonds is 4. The van der Waals surface area contributed by atoms with Crippen LogP contribution in [-0.4, -0.2) is 17.0 Å². The number of nitrogens with zero attached hydrogens (tertiary/aromatic N) is 2. The van der Waals surface area contributed by atoms with E-state index in [0.717, 1.165) is 17.9 Å². The largest absolute Gasteiger partial charge is 0.313 e. The molecule has 1 aromatic carbocycles. The zero-order valence-corrected chi connectivity index (χ0v) is 10.2. The molecule has 0 radical (unpaired) electrons. The fourth-order valence-electron chi connectivity index (χ4n) is 1.90. The van der Waals surface area contributed by atoms with Gasteiger partial charge in [-0.3, -0.25) is 0 Å². The van der Waals surface area contributed by atoms with Crippen LogP contribution in [0.25, 0.3) is 0 Å². The summed E-state index contributed by atoms with van der Waals surface area (Å²) in [7, 11) is 1.98. The summed E-state index contributed by atoms with van der Waals surface area (Å²) >= 11 is 0. The highest BCUT2D eigenvalue weighted by atomic mass is 14.9. The molecule has 1 atom stereocenters. The predicted molar refractivity (Wildman–Crippen MR) is 68.7 cm³/mol. The Morgan fingerprint density at radius 3 is 2.59 bits per heavy atom. The minimum Gasteiger partial charge on any atom is -0.313 e. The molecule has 0 spiro atoms. The maximum absolute atomic E-state index is 4.44. The topological polar surface area (TPSA) is 37.8 Å². The average molecular weight is 227 g/mol. The van der Waals surface area contributed by atoms with E-state index in [-0.39, 0.29) is 0 Å². The molecule has 1 N–H and O–H groups in total. The van der Waals surface area contributed by atoms with Crippen LogP contribution in [0.1, 0.15) is 23.1 Å². The van der Waals surface area contributed by atoms with Gasteiger partial charge in [0.25, 0.3) is 0 Å². The summed E-state index contributed by atoms with van der Waals surface area (Å²) in [6.45, 7) is 1.92. The maximum atomic E-state index is 4.44. The Morgan fingerprint density at radius 2 is 1.94 bits per heavy atom. The maximum Gasteiger partial charge on any atom is 0.125 e. The highest BCUT2D eigenvalue weighted by molar-refractivity contribution is 5.20. The van der Waals surface area contributed by atoms with E-state index in [4.69, 9.17) is 0 Å². The van der Waals surface area contributed by atoms with Crippen LogP contribution in [0.4, 0.5) is 0 Å². The van der Waals surface area contributed by atoms with E-state index in [0.29, 0.717) is 6.04 Å². The smallest absolute Gasteiger partial charge is 0.125 e. The van der Waals surface area contributed by atoms with Crippen LogP contribution in [-0.2, 0) is 6.42 Å². The molecule has 17 heavy (non-hydrogen) atoms. The zero-order chi connectivity index (χ0) is 12.1. The highest BCUT2D eigenvalue weighted by Crippen LogP contribution is 2.16. The van der Waals surface area contributed by atoms with Gasteiger partial charge in [-0.1, -0.05) is 30.3 Å². The molecule has 3 nitrogen and oxygen atoms in total. The molecule has 2 aromatic rings. The van der Waals surface area contributed by atoms with Crippen molar-refractivity contribution in [2.75, 3.05) is 7.05 Å². The predicted octanol–water partition coefficient (Wildman–Crippen LogP) is 2.29. The Labute approximate surface area is 102 Å². The minimum absolute atomic E-state index is 0.297. The van der Waals surface area contributed by atoms with E-state index in [2.05, 4.69) is 39.6 Å². The van der Waals surface area contributed by atoms with Crippen LogP contribution in [0.5, 0.6) is 0 Å². The molecule has 88 valence electrons. The molecule has 0 saturated heterocycles. The van der Waals surface area contributed by atoms with Gasteiger partial charge in [-0.2, -0.15) is 0 Å². The van der Waals surface area contributed by atoms with E-state index in [1.165, 1.54) is 5.56 Å². The van der Waals surface area contributed by atoms with Crippen molar-refractivity contribution in [1.82, 2.24) is 15.3 Å². The molecule has 0 fully saturated rings. The van der Waals surface area contributed by atoms with Gasteiger partial charge >= 0.3 is 0 Å². The number of hydrogen-bond donors (Lipinski definition) is 1. The third-order valence-corrected chi connectivity index (χ3v) is 2.80. The molecule has 0 aliphatic carbocycles. The van der Waals surface area contributed by atoms with E-state index >= 15 is 0 Å². The van der Waals surface area contributed by atoms with Gasteiger partial charge in [-0.05, 0) is 25.6 Å². The van der Waals surface area contributed by atoms with Crippen LogP contribution < -0.4 is 5.32 Å². The first-order valence-electron chi connectivity index (χ1n) is 5.80. The lowest BCUT2D eigenvalue weighted by molar-refractivity contribution is 0.582. The number of nitrogens with one attached hydrogen (secondary N) is 1. The lowest BCUT2D eigenvalue weighted by Gasteiger charge is -2.16. The summed E-state index contributed by atoms with van der Waals surface area (Å²) < 4.78 is 0. The molecule has 1 heterocycles. The zero-order valence-electron chi connectivity index (χ0n) is 10.2. The van der Waals surface area contributed by atoms with Gasteiger partial charge in [-0.15, -0.1) is 0 Å². The molecule has 3 heteroatoms. The molecule has 0 bridgehead atoms.